The van der Waals surface area contributed by atoms with E-state index in [1.807, 2.05) is 0 Å². The average molecular weight is 529 g/mol. The predicted octanol–water partition coefficient (Wildman–Crippen LogP) is 9.42. The molecule has 3 atom stereocenters. The number of esters is 1. The third-order valence-corrected chi connectivity index (χ3v) is 17.3. The quantitative estimate of drug-likeness (QED) is 0.0607. The lowest BCUT2D eigenvalue weighted by molar-refractivity contribution is -0.144. The molecule has 208 valence electrons. The molecule has 0 aliphatic carbocycles. The van der Waals surface area contributed by atoms with Gasteiger partial charge in [0, 0.05) is 6.92 Å². The van der Waals surface area contributed by atoms with Gasteiger partial charge in [0.2, 0.25) is 0 Å². The molecule has 35 heavy (non-hydrogen) atoms. The van der Waals surface area contributed by atoms with Crippen molar-refractivity contribution in [1.29, 1.82) is 0 Å². The standard InChI is InChI=1S/C29H60O4Si2/c1-10-18-20-22-27(31-26(9)30)24-25-29(33-35(15-6,16-7)17-8)28(23-21-19-11-2)32-34(12-3,13-4)14-5/h24-25,27-29H,10-23H2,1-9H3/b25-24+/t27-,28+,29+/m0/s1. The van der Waals surface area contributed by atoms with Gasteiger partial charge < -0.3 is 13.6 Å². The lowest BCUT2D eigenvalue weighted by atomic mass is 10.0. The highest BCUT2D eigenvalue weighted by Gasteiger charge is 2.38. The summed E-state index contributed by atoms with van der Waals surface area (Å²) in [6.45, 7) is 19.8. The average Bonchev–Trinajstić information content (AvgIpc) is 2.87. The summed E-state index contributed by atoms with van der Waals surface area (Å²) in [5.41, 5.74) is 0. The number of carbonyl (C=O) groups excluding carboxylic acids is 1. The maximum atomic E-state index is 11.8. The normalized spacial score (nSPS) is 15.3. The van der Waals surface area contributed by atoms with Crippen LogP contribution in [0, 0.1) is 0 Å². The number of hydrogen-bond donors (Lipinski definition) is 0. The van der Waals surface area contributed by atoms with E-state index in [4.69, 9.17) is 13.6 Å². The zero-order chi connectivity index (χ0) is 26.7. The number of rotatable bonds is 22. The Balaban J connectivity index is 6.22. The predicted molar refractivity (Wildman–Crippen MR) is 157 cm³/mol. The molecule has 0 saturated carbocycles. The minimum Gasteiger partial charge on any atom is -0.458 e. The largest absolute Gasteiger partial charge is 0.458 e. The summed E-state index contributed by atoms with van der Waals surface area (Å²) >= 11 is 0. The van der Waals surface area contributed by atoms with Gasteiger partial charge in [-0.15, -0.1) is 0 Å². The van der Waals surface area contributed by atoms with Gasteiger partial charge in [0.15, 0.2) is 16.6 Å². The van der Waals surface area contributed by atoms with Crippen molar-refractivity contribution < 1.29 is 18.4 Å². The summed E-state index contributed by atoms with van der Waals surface area (Å²) in [7, 11) is -3.66. The Morgan fingerprint density at radius 1 is 0.657 bits per heavy atom. The van der Waals surface area contributed by atoms with Crippen LogP contribution < -0.4 is 0 Å². The fraction of sp³-hybridized carbons (Fsp3) is 0.897. The second-order valence-corrected chi connectivity index (χ2v) is 19.7. The van der Waals surface area contributed by atoms with Crippen molar-refractivity contribution in [2.24, 2.45) is 0 Å². The van der Waals surface area contributed by atoms with E-state index in [1.165, 1.54) is 26.2 Å². The molecule has 0 amide bonds. The summed E-state index contributed by atoms with van der Waals surface area (Å²) in [6, 6.07) is 6.79. The third kappa shape index (κ3) is 13.1. The minimum atomic E-state index is -1.86. The van der Waals surface area contributed by atoms with Crippen LogP contribution in [0.4, 0.5) is 0 Å². The molecule has 0 radical (unpaired) electrons. The summed E-state index contributed by atoms with van der Waals surface area (Å²) in [6.07, 6.45) is 13.0. The first kappa shape index (κ1) is 34.6. The van der Waals surface area contributed by atoms with E-state index < -0.39 is 16.6 Å². The number of ether oxygens (including phenoxy) is 1. The van der Waals surface area contributed by atoms with Crippen molar-refractivity contribution in [2.45, 2.75) is 168 Å². The molecule has 0 N–H and O–H groups in total. The van der Waals surface area contributed by atoms with Crippen LogP contribution in [0.2, 0.25) is 36.3 Å². The van der Waals surface area contributed by atoms with Gasteiger partial charge in [-0.2, -0.15) is 0 Å². The molecule has 4 nitrogen and oxygen atoms in total. The van der Waals surface area contributed by atoms with Crippen molar-refractivity contribution in [2.75, 3.05) is 0 Å². The van der Waals surface area contributed by atoms with Crippen LogP contribution in [-0.4, -0.2) is 40.9 Å². The topological polar surface area (TPSA) is 44.8 Å². The van der Waals surface area contributed by atoms with E-state index in [0.717, 1.165) is 68.4 Å². The fourth-order valence-electron chi connectivity index (χ4n) is 4.97. The monoisotopic (exact) mass is 528 g/mol. The Bertz CT molecular complexity index is 542. The molecular formula is C29H60O4Si2. The summed E-state index contributed by atoms with van der Waals surface area (Å²) in [5, 5.41) is 0. The van der Waals surface area contributed by atoms with Crippen molar-refractivity contribution in [3.8, 4) is 0 Å². The zero-order valence-electron chi connectivity index (χ0n) is 24.9. The molecule has 0 aromatic rings. The molecule has 6 heteroatoms. The van der Waals surface area contributed by atoms with Gasteiger partial charge in [-0.1, -0.05) is 93.6 Å². The third-order valence-electron chi connectivity index (χ3n) is 8.04. The second kappa shape index (κ2) is 19.6. The summed E-state index contributed by atoms with van der Waals surface area (Å²) in [5.74, 6) is -0.210. The number of unbranched alkanes of at least 4 members (excludes halogenated alkanes) is 4. The molecule has 0 aliphatic heterocycles. The molecule has 0 heterocycles. The van der Waals surface area contributed by atoms with Crippen LogP contribution in [0.3, 0.4) is 0 Å². The number of hydrogen-bond acceptors (Lipinski definition) is 4. The molecule has 0 saturated heterocycles. The molecule has 0 spiro atoms. The van der Waals surface area contributed by atoms with Crippen LogP contribution in [0.5, 0.6) is 0 Å². The van der Waals surface area contributed by atoms with Gasteiger partial charge in [-0.05, 0) is 61.6 Å². The Morgan fingerprint density at radius 2 is 1.11 bits per heavy atom. The Morgan fingerprint density at radius 3 is 1.54 bits per heavy atom. The molecular weight excluding hydrogens is 468 g/mol. The van der Waals surface area contributed by atoms with E-state index in [-0.39, 0.29) is 24.3 Å². The minimum absolute atomic E-state index is 0.0702. The van der Waals surface area contributed by atoms with E-state index in [1.54, 1.807) is 0 Å². The van der Waals surface area contributed by atoms with Crippen LogP contribution in [-0.2, 0) is 18.4 Å². The van der Waals surface area contributed by atoms with Gasteiger partial charge in [-0.25, -0.2) is 0 Å². The first-order valence-corrected chi connectivity index (χ1v) is 20.0. The van der Waals surface area contributed by atoms with Gasteiger partial charge in [0.05, 0.1) is 12.2 Å². The summed E-state index contributed by atoms with van der Waals surface area (Å²) in [4.78, 5) is 11.8. The molecule has 0 bridgehead atoms. The van der Waals surface area contributed by atoms with Crippen LogP contribution in [0.1, 0.15) is 114 Å². The zero-order valence-corrected chi connectivity index (χ0v) is 26.9. The first-order valence-electron chi connectivity index (χ1n) is 15.0. The highest BCUT2D eigenvalue weighted by Crippen LogP contribution is 2.31. The SMILES string of the molecule is CCCCC[C@@H](/C=C/[C@@H](O[Si](CC)(CC)CC)[C@@H](CCCCC)O[Si](CC)(CC)CC)OC(C)=O. The van der Waals surface area contributed by atoms with Crippen molar-refractivity contribution in [3.05, 3.63) is 12.2 Å². The van der Waals surface area contributed by atoms with Gasteiger partial charge in [-0.3, -0.25) is 4.79 Å². The fourth-order valence-corrected chi connectivity index (χ4v) is 10.7. The van der Waals surface area contributed by atoms with Gasteiger partial charge >= 0.3 is 5.97 Å². The lowest BCUT2D eigenvalue weighted by Gasteiger charge is -2.40. The van der Waals surface area contributed by atoms with E-state index >= 15 is 0 Å². The summed E-state index contributed by atoms with van der Waals surface area (Å²) < 4.78 is 20.0. The Kier molecular flexibility index (Phi) is 19.4. The molecule has 0 rings (SSSR count). The lowest BCUT2D eigenvalue weighted by Crippen LogP contribution is -2.49. The van der Waals surface area contributed by atoms with E-state index in [9.17, 15) is 4.79 Å². The first-order chi connectivity index (χ1) is 16.7. The van der Waals surface area contributed by atoms with Crippen LogP contribution in [0.15, 0.2) is 12.2 Å². The molecule has 0 unspecified atom stereocenters. The molecule has 0 aliphatic rings. The highest BCUT2D eigenvalue weighted by atomic mass is 28.4. The van der Waals surface area contributed by atoms with E-state index in [2.05, 4.69) is 67.5 Å². The van der Waals surface area contributed by atoms with Crippen molar-refractivity contribution in [1.82, 2.24) is 0 Å². The van der Waals surface area contributed by atoms with Crippen LogP contribution in [0.25, 0.3) is 0 Å². The van der Waals surface area contributed by atoms with Gasteiger partial charge in [0.25, 0.3) is 0 Å². The smallest absolute Gasteiger partial charge is 0.303 e. The maximum Gasteiger partial charge on any atom is 0.303 e. The Hall–Kier alpha value is -0.436. The second-order valence-electron chi connectivity index (χ2n) is 10.3. The Labute approximate surface area is 221 Å². The molecule has 0 aromatic heterocycles. The number of carbonyl (C=O) groups is 1. The van der Waals surface area contributed by atoms with Crippen molar-refractivity contribution >= 4 is 22.6 Å². The van der Waals surface area contributed by atoms with E-state index in [0.29, 0.717) is 0 Å². The van der Waals surface area contributed by atoms with Gasteiger partial charge in [0.1, 0.15) is 6.10 Å². The van der Waals surface area contributed by atoms with Crippen molar-refractivity contribution in [3.63, 3.8) is 0 Å². The maximum absolute atomic E-state index is 11.8. The highest BCUT2D eigenvalue weighted by molar-refractivity contribution is 6.74. The van der Waals surface area contributed by atoms with Crippen LogP contribution >= 0.6 is 0 Å². The molecule has 0 fully saturated rings. The molecule has 0 aromatic carbocycles.